The number of aryl methyl sites for hydroxylation is 2. The normalized spacial score (nSPS) is 13.3. The van der Waals surface area contributed by atoms with Gasteiger partial charge in [-0.25, -0.2) is 14.4 Å². The number of carboxylic acids is 2. The number of hydrogen-bond donors (Lipinski definition) is 3. The molecule has 0 aromatic heterocycles. The van der Waals surface area contributed by atoms with E-state index >= 15 is 0 Å². The number of aliphatic hydroxyl groups excluding tert-OH is 1. The first-order chi connectivity index (χ1) is 13.1. The maximum absolute atomic E-state index is 12.9. The van der Waals surface area contributed by atoms with Crippen molar-refractivity contribution in [2.24, 2.45) is 0 Å². The van der Waals surface area contributed by atoms with Gasteiger partial charge in [-0.15, -0.1) is 0 Å². The number of rotatable bonds is 7. The van der Waals surface area contributed by atoms with Crippen LogP contribution in [-0.4, -0.2) is 56.2 Å². The van der Waals surface area contributed by atoms with Crippen LogP contribution in [0, 0.1) is 13.8 Å². The Balaban J connectivity index is 0.00000420. The van der Waals surface area contributed by atoms with Crippen LogP contribution in [0.3, 0.4) is 0 Å². The van der Waals surface area contributed by atoms with E-state index in [1.54, 1.807) is 26.0 Å². The molecule has 0 saturated heterocycles. The lowest BCUT2D eigenvalue weighted by molar-refractivity contribution is -0.176. The number of esters is 1. The fraction of sp³-hybridized carbons (Fsp3) is 0.200. The molecule has 0 heterocycles. The van der Waals surface area contributed by atoms with Gasteiger partial charge in [-0.05, 0) is 26.0 Å². The zero-order valence-electron chi connectivity index (χ0n) is 15.6. The van der Waals surface area contributed by atoms with E-state index in [0.717, 1.165) is 11.1 Å². The van der Waals surface area contributed by atoms with Crippen molar-refractivity contribution in [3.63, 3.8) is 0 Å². The molecule has 0 unspecified atom stereocenters. The van der Waals surface area contributed by atoms with Gasteiger partial charge in [0.05, 0.1) is 5.56 Å². The Morgan fingerprint density at radius 1 is 0.828 bits per heavy atom. The molecule has 0 bridgehead atoms. The summed E-state index contributed by atoms with van der Waals surface area (Å²) in [6.07, 6.45) is -2.83. The number of hydrogen-bond acceptors (Lipinski definition) is 6. The highest BCUT2D eigenvalue weighted by Gasteiger charge is 2.59. The number of carbonyl (C=O) groups excluding carboxylic acids is 2. The maximum atomic E-state index is 12.9. The predicted molar refractivity (Wildman–Crippen MR) is 99.7 cm³/mol. The van der Waals surface area contributed by atoms with Gasteiger partial charge >= 0.3 is 23.5 Å². The van der Waals surface area contributed by atoms with Crippen LogP contribution >= 0.6 is 0 Å². The average molecular weight is 404 g/mol. The van der Waals surface area contributed by atoms with Gasteiger partial charge < -0.3 is 25.5 Å². The summed E-state index contributed by atoms with van der Waals surface area (Å²) in [6.45, 7) is 3.48. The van der Waals surface area contributed by atoms with E-state index in [9.17, 15) is 29.4 Å². The highest BCUT2D eigenvalue weighted by Crippen LogP contribution is 2.26. The molecule has 0 aliphatic heterocycles. The number of carbonyl (C=O) groups is 4. The van der Waals surface area contributed by atoms with Gasteiger partial charge in [-0.1, -0.05) is 47.5 Å². The number of ketones is 1. The summed E-state index contributed by atoms with van der Waals surface area (Å²) in [5.74, 6) is -6.76. The largest absolute Gasteiger partial charge is 0.479 e. The molecule has 5 N–H and O–H groups in total. The third-order valence-corrected chi connectivity index (χ3v) is 4.13. The van der Waals surface area contributed by atoms with Crippen molar-refractivity contribution in [3.05, 3.63) is 70.8 Å². The second-order valence-electron chi connectivity index (χ2n) is 6.23. The Bertz CT molecular complexity index is 916. The molecule has 2 atom stereocenters. The monoisotopic (exact) mass is 404 g/mol. The molecule has 2 aromatic carbocycles. The Kier molecular flexibility index (Phi) is 7.36. The van der Waals surface area contributed by atoms with Crippen molar-refractivity contribution >= 4 is 23.7 Å². The molecule has 0 fully saturated rings. The quantitative estimate of drug-likeness (QED) is 0.345. The minimum atomic E-state index is -3.36. The zero-order chi connectivity index (χ0) is 21.1. The molecule has 0 amide bonds. The number of ether oxygens (including phenoxy) is 1. The molecule has 29 heavy (non-hydrogen) atoms. The Morgan fingerprint density at radius 3 is 1.62 bits per heavy atom. The molecule has 0 radical (unpaired) electrons. The summed E-state index contributed by atoms with van der Waals surface area (Å²) in [5.41, 5.74) is -2.13. The first kappa shape index (κ1) is 23.5. The van der Waals surface area contributed by atoms with Crippen LogP contribution in [0.5, 0.6) is 0 Å². The van der Waals surface area contributed by atoms with Crippen molar-refractivity contribution in [1.29, 1.82) is 0 Å². The van der Waals surface area contributed by atoms with Gasteiger partial charge in [-0.3, -0.25) is 4.79 Å². The zero-order valence-corrected chi connectivity index (χ0v) is 15.6. The molecule has 0 spiro atoms. The van der Waals surface area contributed by atoms with Crippen LogP contribution < -0.4 is 0 Å². The maximum Gasteiger partial charge on any atom is 0.360 e. The van der Waals surface area contributed by atoms with Crippen LogP contribution in [0.4, 0.5) is 0 Å². The van der Waals surface area contributed by atoms with Gasteiger partial charge in [0.15, 0.2) is 0 Å². The number of benzene rings is 2. The highest BCUT2D eigenvalue weighted by molar-refractivity contribution is 6.19. The van der Waals surface area contributed by atoms with Gasteiger partial charge in [0.1, 0.15) is 0 Å². The molecular formula is C20H20O9. The fourth-order valence-corrected chi connectivity index (χ4v) is 2.47. The van der Waals surface area contributed by atoms with Gasteiger partial charge in [0, 0.05) is 5.56 Å². The summed E-state index contributed by atoms with van der Waals surface area (Å²) >= 11 is 0. The van der Waals surface area contributed by atoms with E-state index < -0.39 is 35.4 Å². The van der Waals surface area contributed by atoms with E-state index in [1.165, 1.54) is 36.4 Å². The molecule has 9 nitrogen and oxygen atoms in total. The van der Waals surface area contributed by atoms with Crippen molar-refractivity contribution in [3.8, 4) is 0 Å². The minimum absolute atomic E-state index is 0. The average Bonchev–Trinajstić information content (AvgIpc) is 2.65. The van der Waals surface area contributed by atoms with Crippen LogP contribution in [0.2, 0.25) is 0 Å². The summed E-state index contributed by atoms with van der Waals surface area (Å²) in [7, 11) is 0. The lowest BCUT2D eigenvalue weighted by atomic mass is 9.86. The highest BCUT2D eigenvalue weighted by atomic mass is 16.6. The summed E-state index contributed by atoms with van der Waals surface area (Å²) in [5, 5.41) is 28.9. The first-order valence-corrected chi connectivity index (χ1v) is 8.15. The third-order valence-electron chi connectivity index (χ3n) is 4.13. The molecule has 9 heteroatoms. The SMILES string of the molecule is Cc1ccc(C(=O)O[C@@](C(=O)O)(C(=O)c2ccc(C)cc2)[C@H](O)C(=O)O)cc1.O. The molecular weight excluding hydrogens is 384 g/mol. The fourth-order valence-electron chi connectivity index (χ4n) is 2.47. The van der Waals surface area contributed by atoms with E-state index in [0.29, 0.717) is 0 Å². The Labute approximate surface area is 165 Å². The van der Waals surface area contributed by atoms with Crippen molar-refractivity contribution in [1.82, 2.24) is 0 Å². The summed E-state index contributed by atoms with van der Waals surface area (Å²) < 4.78 is 4.88. The standard InChI is InChI=1S/C20H18O8.H2O/c1-11-3-7-13(8-4-11)15(21)20(19(26)27,16(22)17(23)24)28-18(25)14-9-5-12(2)6-10-14;/h3-10,16,22H,1-2H3,(H,23,24)(H,26,27);1H2/t16-,20+;/m1./s1. The van der Waals surface area contributed by atoms with Crippen LogP contribution in [0.15, 0.2) is 48.5 Å². The molecule has 2 aromatic rings. The Hall–Kier alpha value is -3.56. The van der Waals surface area contributed by atoms with Crippen LogP contribution in [0.1, 0.15) is 31.8 Å². The molecule has 154 valence electrons. The minimum Gasteiger partial charge on any atom is -0.479 e. The second-order valence-corrected chi connectivity index (χ2v) is 6.23. The molecule has 0 aliphatic rings. The first-order valence-electron chi connectivity index (χ1n) is 8.15. The van der Waals surface area contributed by atoms with Crippen molar-refractivity contribution in [2.45, 2.75) is 25.6 Å². The number of carboxylic acid groups (broad SMARTS) is 2. The van der Waals surface area contributed by atoms with E-state index in [4.69, 9.17) is 9.84 Å². The van der Waals surface area contributed by atoms with Crippen LogP contribution in [-0.2, 0) is 14.3 Å². The topological polar surface area (TPSA) is 170 Å². The summed E-state index contributed by atoms with van der Waals surface area (Å²) in [6, 6.07) is 11.3. The number of aliphatic hydroxyl groups is 1. The van der Waals surface area contributed by atoms with Crippen molar-refractivity contribution in [2.75, 3.05) is 0 Å². The Morgan fingerprint density at radius 2 is 1.24 bits per heavy atom. The van der Waals surface area contributed by atoms with E-state index in [1.807, 2.05) is 0 Å². The van der Waals surface area contributed by atoms with Gasteiger partial charge in [-0.2, -0.15) is 0 Å². The lowest BCUT2D eigenvalue weighted by Gasteiger charge is -2.30. The number of Topliss-reactive ketones (excluding diaryl/α,β-unsaturated/α-hetero) is 1. The molecule has 2 rings (SSSR count). The summed E-state index contributed by atoms with van der Waals surface area (Å²) in [4.78, 5) is 48.7. The lowest BCUT2D eigenvalue weighted by Crippen LogP contribution is -2.61. The second kappa shape index (κ2) is 9.09. The van der Waals surface area contributed by atoms with E-state index in [2.05, 4.69) is 0 Å². The van der Waals surface area contributed by atoms with Crippen molar-refractivity contribution < 1.29 is 44.7 Å². The molecule has 0 saturated carbocycles. The predicted octanol–water partition coefficient (Wildman–Crippen LogP) is 0.787. The van der Waals surface area contributed by atoms with E-state index in [-0.39, 0.29) is 16.6 Å². The number of aliphatic carboxylic acids is 2. The smallest absolute Gasteiger partial charge is 0.360 e. The van der Waals surface area contributed by atoms with Gasteiger partial charge in [0.25, 0.3) is 0 Å². The van der Waals surface area contributed by atoms with Gasteiger partial charge in [0.2, 0.25) is 11.9 Å². The third kappa shape index (κ3) is 4.65. The molecule has 0 aliphatic carbocycles. The van der Waals surface area contributed by atoms with Crippen LogP contribution in [0.25, 0.3) is 0 Å².